The van der Waals surface area contributed by atoms with Crippen molar-refractivity contribution in [1.29, 1.82) is 0 Å². The number of pyridine rings is 1. The topological polar surface area (TPSA) is 80.7 Å². The zero-order chi connectivity index (χ0) is 18.9. The summed E-state index contributed by atoms with van der Waals surface area (Å²) in [5, 5.41) is 3.40. The van der Waals surface area contributed by atoms with Crippen LogP contribution in [-0.2, 0) is 14.3 Å². The number of halogens is 1. The van der Waals surface area contributed by atoms with Gasteiger partial charge in [-0.15, -0.1) is 0 Å². The second kappa shape index (κ2) is 9.79. The first-order chi connectivity index (χ1) is 12.6. The van der Waals surface area contributed by atoms with Gasteiger partial charge in [-0.05, 0) is 36.8 Å². The first-order valence-electron chi connectivity index (χ1n) is 8.04. The Kier molecular flexibility index (Phi) is 7.44. The molecule has 1 N–H and O–H groups in total. The van der Waals surface area contributed by atoms with Crippen LogP contribution in [0.4, 0.5) is 5.69 Å². The van der Waals surface area contributed by atoms with Crippen molar-refractivity contribution in [3.8, 4) is 0 Å². The summed E-state index contributed by atoms with van der Waals surface area (Å²) in [6.45, 7) is 0. The SMILES string of the molecule is COC.O=CCC[C@@H]1N=C(c2ccccn2)c2cc(Cl)ccc2NC1=O. The molecule has 3 rings (SSSR count). The monoisotopic (exact) mass is 373 g/mol. The molecule has 2 heterocycles. The maximum Gasteiger partial charge on any atom is 0.249 e. The Morgan fingerprint density at radius 3 is 2.69 bits per heavy atom. The predicted octanol–water partition coefficient (Wildman–Crippen LogP) is 3.13. The van der Waals surface area contributed by atoms with Crippen LogP contribution in [0.2, 0.25) is 5.02 Å². The standard InChI is InChI=1S/C17H14ClN3O2.C2H6O/c18-11-6-7-13-12(10-11)16(14-4-1-2-8-19-14)20-15(5-3-9-22)17(23)21-13;1-3-2/h1-2,4,6-10,15H,3,5H2,(H,21,23);1-2H3/t15-;/m0./s1. The highest BCUT2D eigenvalue weighted by Crippen LogP contribution is 2.27. The molecule has 0 bridgehead atoms. The minimum atomic E-state index is -0.636. The zero-order valence-electron chi connectivity index (χ0n) is 14.6. The van der Waals surface area contributed by atoms with Gasteiger partial charge in [-0.3, -0.25) is 14.8 Å². The maximum absolute atomic E-state index is 12.4. The number of benzodiazepines with no additional fused rings is 1. The first-order valence-corrected chi connectivity index (χ1v) is 8.42. The molecular weight excluding hydrogens is 354 g/mol. The van der Waals surface area contributed by atoms with Crippen LogP contribution in [-0.4, -0.2) is 43.2 Å². The Morgan fingerprint density at radius 2 is 2.04 bits per heavy atom. The van der Waals surface area contributed by atoms with Crippen LogP contribution in [0.3, 0.4) is 0 Å². The predicted molar refractivity (Wildman–Crippen MR) is 102 cm³/mol. The Hall–Kier alpha value is -2.57. The van der Waals surface area contributed by atoms with E-state index in [1.807, 2.05) is 18.2 Å². The second-order valence-corrected chi connectivity index (χ2v) is 5.98. The zero-order valence-corrected chi connectivity index (χ0v) is 15.4. The van der Waals surface area contributed by atoms with E-state index in [0.717, 1.165) is 11.8 Å². The number of amides is 1. The van der Waals surface area contributed by atoms with E-state index < -0.39 is 6.04 Å². The van der Waals surface area contributed by atoms with Crippen LogP contribution in [0.1, 0.15) is 24.1 Å². The Balaban J connectivity index is 0.000000758. The molecular formula is C19H20ClN3O3. The number of nitrogens with one attached hydrogen (secondary N) is 1. The van der Waals surface area contributed by atoms with Gasteiger partial charge in [0.25, 0.3) is 0 Å². The number of rotatable bonds is 4. The van der Waals surface area contributed by atoms with Crippen molar-refractivity contribution in [3.63, 3.8) is 0 Å². The molecule has 1 aromatic heterocycles. The van der Waals surface area contributed by atoms with Crippen LogP contribution in [0, 0.1) is 0 Å². The minimum Gasteiger partial charge on any atom is -0.388 e. The Labute approximate surface area is 157 Å². The molecule has 1 atom stereocenters. The summed E-state index contributed by atoms with van der Waals surface area (Å²) >= 11 is 6.10. The molecule has 7 heteroatoms. The van der Waals surface area contributed by atoms with Gasteiger partial charge < -0.3 is 14.8 Å². The second-order valence-electron chi connectivity index (χ2n) is 5.54. The van der Waals surface area contributed by atoms with Crippen LogP contribution in [0.5, 0.6) is 0 Å². The number of fused-ring (bicyclic) bond motifs is 1. The van der Waals surface area contributed by atoms with Gasteiger partial charge in [0.15, 0.2) is 0 Å². The van der Waals surface area contributed by atoms with Gasteiger partial charge in [0, 0.05) is 37.4 Å². The van der Waals surface area contributed by atoms with Crippen molar-refractivity contribution in [3.05, 3.63) is 58.9 Å². The number of aliphatic imine (C=N–C) groups is 1. The molecule has 136 valence electrons. The van der Waals surface area contributed by atoms with Crippen molar-refractivity contribution >= 4 is 35.2 Å². The third kappa shape index (κ3) is 4.97. The number of anilines is 1. The highest BCUT2D eigenvalue weighted by atomic mass is 35.5. The fraction of sp³-hybridized carbons (Fsp3) is 0.263. The lowest BCUT2D eigenvalue weighted by Crippen LogP contribution is -2.25. The minimum absolute atomic E-state index is 0.235. The van der Waals surface area contributed by atoms with Gasteiger partial charge >= 0.3 is 0 Å². The molecule has 1 aromatic carbocycles. The molecule has 0 radical (unpaired) electrons. The van der Waals surface area contributed by atoms with Crippen LogP contribution in [0.25, 0.3) is 0 Å². The van der Waals surface area contributed by atoms with E-state index >= 15 is 0 Å². The van der Waals surface area contributed by atoms with Gasteiger partial charge in [-0.1, -0.05) is 17.7 Å². The van der Waals surface area contributed by atoms with Crippen molar-refractivity contribution in [1.82, 2.24) is 4.98 Å². The fourth-order valence-electron chi connectivity index (χ4n) is 2.45. The summed E-state index contributed by atoms with van der Waals surface area (Å²) in [7, 11) is 3.25. The molecule has 0 fully saturated rings. The van der Waals surface area contributed by atoms with Gasteiger partial charge in [0.1, 0.15) is 12.3 Å². The van der Waals surface area contributed by atoms with Gasteiger partial charge in [0.05, 0.1) is 17.1 Å². The number of hydrogen-bond acceptors (Lipinski definition) is 5. The third-order valence-corrected chi connectivity index (χ3v) is 3.78. The number of methoxy groups -OCH3 is 1. The largest absolute Gasteiger partial charge is 0.388 e. The lowest BCUT2D eigenvalue weighted by atomic mass is 10.0. The Morgan fingerprint density at radius 1 is 1.27 bits per heavy atom. The molecule has 0 saturated carbocycles. The van der Waals surface area contributed by atoms with Gasteiger partial charge in [-0.2, -0.15) is 0 Å². The molecule has 2 aromatic rings. The molecule has 0 spiro atoms. The summed E-state index contributed by atoms with van der Waals surface area (Å²) in [6, 6.07) is 10.1. The van der Waals surface area contributed by atoms with E-state index in [2.05, 4.69) is 20.0 Å². The molecule has 6 nitrogen and oxygen atoms in total. The Bertz CT molecular complexity index is 794. The van der Waals surface area contributed by atoms with E-state index in [-0.39, 0.29) is 12.3 Å². The lowest BCUT2D eigenvalue weighted by molar-refractivity contribution is -0.117. The van der Waals surface area contributed by atoms with E-state index in [0.29, 0.717) is 28.5 Å². The van der Waals surface area contributed by atoms with Crippen molar-refractivity contribution < 1.29 is 14.3 Å². The molecule has 0 aliphatic carbocycles. The van der Waals surface area contributed by atoms with E-state index in [1.165, 1.54) is 0 Å². The molecule has 0 saturated heterocycles. The number of hydrogen-bond donors (Lipinski definition) is 1. The number of aromatic nitrogens is 1. The summed E-state index contributed by atoms with van der Waals surface area (Å²) in [6.07, 6.45) is 3.09. The average molecular weight is 374 g/mol. The summed E-state index contributed by atoms with van der Waals surface area (Å²) < 4.78 is 4.25. The third-order valence-electron chi connectivity index (χ3n) is 3.55. The number of ether oxygens (including phenoxy) is 1. The molecule has 0 unspecified atom stereocenters. The van der Waals surface area contributed by atoms with Crippen molar-refractivity contribution in [2.24, 2.45) is 4.99 Å². The maximum atomic E-state index is 12.4. The smallest absolute Gasteiger partial charge is 0.249 e. The summed E-state index contributed by atoms with van der Waals surface area (Å²) in [4.78, 5) is 31.9. The van der Waals surface area contributed by atoms with E-state index in [4.69, 9.17) is 11.6 Å². The summed E-state index contributed by atoms with van der Waals surface area (Å²) in [5.41, 5.74) is 2.61. The fourth-order valence-corrected chi connectivity index (χ4v) is 2.62. The lowest BCUT2D eigenvalue weighted by Gasteiger charge is -2.09. The average Bonchev–Trinajstić information content (AvgIpc) is 2.78. The number of carbonyl (C=O) groups is 2. The highest BCUT2D eigenvalue weighted by molar-refractivity contribution is 6.31. The van der Waals surface area contributed by atoms with Crippen LogP contribution >= 0.6 is 11.6 Å². The van der Waals surface area contributed by atoms with Crippen LogP contribution in [0.15, 0.2) is 47.6 Å². The molecule has 1 aliphatic heterocycles. The number of carbonyl (C=O) groups excluding carboxylic acids is 2. The van der Waals surface area contributed by atoms with Gasteiger partial charge in [-0.25, -0.2) is 0 Å². The molecule has 1 amide bonds. The number of nitrogens with zero attached hydrogens (tertiary/aromatic N) is 2. The van der Waals surface area contributed by atoms with Crippen LogP contribution < -0.4 is 5.32 Å². The quantitative estimate of drug-likeness (QED) is 0.835. The van der Waals surface area contributed by atoms with E-state index in [1.54, 1.807) is 38.6 Å². The molecule has 26 heavy (non-hydrogen) atoms. The number of aldehydes is 1. The number of benzene rings is 1. The van der Waals surface area contributed by atoms with Gasteiger partial charge in [0.2, 0.25) is 5.91 Å². The molecule has 1 aliphatic rings. The van der Waals surface area contributed by atoms with Crippen molar-refractivity contribution in [2.75, 3.05) is 19.5 Å². The summed E-state index contributed by atoms with van der Waals surface area (Å²) in [5.74, 6) is -0.235. The van der Waals surface area contributed by atoms with Crippen molar-refractivity contribution in [2.45, 2.75) is 18.9 Å². The first kappa shape index (κ1) is 19.8. The highest BCUT2D eigenvalue weighted by Gasteiger charge is 2.26. The normalized spacial score (nSPS) is 15.6. The van der Waals surface area contributed by atoms with E-state index in [9.17, 15) is 9.59 Å².